The van der Waals surface area contributed by atoms with E-state index in [1.54, 1.807) is 0 Å². The van der Waals surface area contributed by atoms with E-state index in [0.29, 0.717) is 0 Å². The molecule has 0 aliphatic carbocycles. The van der Waals surface area contributed by atoms with Gasteiger partial charge in [-0.05, 0) is 83.4 Å². The predicted octanol–water partition coefficient (Wildman–Crippen LogP) is 6.72. The van der Waals surface area contributed by atoms with Crippen molar-refractivity contribution in [1.82, 2.24) is 0 Å². The minimum absolute atomic E-state index is 0.153. The van der Waals surface area contributed by atoms with E-state index in [9.17, 15) is 4.79 Å². The van der Waals surface area contributed by atoms with E-state index in [2.05, 4.69) is 0 Å². The number of rotatable bonds is 7. The lowest BCUT2D eigenvalue weighted by atomic mass is 10.0. The first kappa shape index (κ1) is 23.8. The molecule has 4 nitrogen and oxygen atoms in total. The fourth-order valence-corrected chi connectivity index (χ4v) is 2.86. The van der Waals surface area contributed by atoms with Gasteiger partial charge in [-0.15, -0.1) is 0 Å². The Morgan fingerprint density at radius 1 is 0.767 bits per heavy atom. The van der Waals surface area contributed by atoms with Crippen LogP contribution in [0.15, 0.2) is 48.5 Å². The molecule has 2 aromatic rings. The lowest BCUT2D eigenvalue weighted by molar-refractivity contribution is -0.152. The molecular formula is C26H36O4. The zero-order chi connectivity index (χ0) is 22.5. The highest BCUT2D eigenvalue weighted by Crippen LogP contribution is 2.31. The van der Waals surface area contributed by atoms with Crippen molar-refractivity contribution in [2.75, 3.05) is 0 Å². The third-order valence-corrected chi connectivity index (χ3v) is 4.46. The molecule has 0 spiro atoms. The Balaban J connectivity index is 2.32. The van der Waals surface area contributed by atoms with Crippen LogP contribution in [0.3, 0.4) is 0 Å². The topological polar surface area (TPSA) is 44.8 Å². The first-order valence-electron chi connectivity index (χ1n) is 10.7. The maximum atomic E-state index is 12.6. The maximum absolute atomic E-state index is 12.6. The zero-order valence-electron chi connectivity index (χ0n) is 19.6. The molecule has 0 aliphatic rings. The minimum atomic E-state index is -0.487. The highest BCUT2D eigenvalue weighted by molar-refractivity contribution is 5.72. The second-order valence-electron chi connectivity index (χ2n) is 9.69. The van der Waals surface area contributed by atoms with Crippen LogP contribution in [0.4, 0.5) is 0 Å². The smallest absolute Gasteiger partial charge is 0.309 e. The van der Waals surface area contributed by atoms with Gasteiger partial charge in [0, 0.05) is 0 Å². The summed E-state index contributed by atoms with van der Waals surface area (Å²) in [5.41, 5.74) is 1.26. The Morgan fingerprint density at radius 2 is 1.13 bits per heavy atom. The maximum Gasteiger partial charge on any atom is 0.309 e. The molecule has 0 aliphatic heterocycles. The van der Waals surface area contributed by atoms with Gasteiger partial charge in [0.1, 0.15) is 22.7 Å². The molecule has 2 rings (SSSR count). The van der Waals surface area contributed by atoms with Crippen molar-refractivity contribution < 1.29 is 19.0 Å². The Kier molecular flexibility index (Phi) is 7.57. The summed E-state index contributed by atoms with van der Waals surface area (Å²) < 4.78 is 17.8. The summed E-state index contributed by atoms with van der Waals surface area (Å²) in [6.45, 7) is 15.9. The van der Waals surface area contributed by atoms with Crippen molar-refractivity contribution in [1.29, 1.82) is 0 Å². The van der Waals surface area contributed by atoms with E-state index in [4.69, 9.17) is 14.2 Å². The van der Waals surface area contributed by atoms with Crippen LogP contribution in [0.25, 0.3) is 0 Å². The van der Waals surface area contributed by atoms with Crippen LogP contribution >= 0.6 is 0 Å². The fourth-order valence-electron chi connectivity index (χ4n) is 2.86. The molecule has 4 heteroatoms. The zero-order valence-corrected chi connectivity index (χ0v) is 19.6. The summed E-state index contributed by atoms with van der Waals surface area (Å²) >= 11 is 0. The first-order chi connectivity index (χ1) is 13.9. The van der Waals surface area contributed by atoms with Gasteiger partial charge in [-0.25, -0.2) is 0 Å². The Morgan fingerprint density at radius 3 is 1.43 bits per heavy atom. The van der Waals surface area contributed by atoms with Gasteiger partial charge in [0.25, 0.3) is 0 Å². The summed E-state index contributed by atoms with van der Waals surface area (Å²) in [6, 6.07) is 15.5. The normalized spacial score (nSPS) is 13.1. The van der Waals surface area contributed by atoms with Crippen molar-refractivity contribution in [2.24, 2.45) is 5.92 Å². The molecule has 2 aromatic carbocycles. The van der Waals surface area contributed by atoms with Crippen LogP contribution in [0.1, 0.15) is 79.0 Å². The molecule has 164 valence electrons. The van der Waals surface area contributed by atoms with Crippen LogP contribution in [-0.4, -0.2) is 17.2 Å². The monoisotopic (exact) mass is 412 g/mol. The molecule has 0 N–H and O–H groups in total. The standard InChI is InChI=1S/C26H36O4/c1-9-18(2)24(27)28-23(19-10-14-21(15-11-19)29-25(3,4)5)20-12-16-22(17-13-20)30-26(6,7)8/h10-18,23H,9H2,1-8H3. The van der Waals surface area contributed by atoms with Crippen LogP contribution in [0.2, 0.25) is 0 Å². The lowest BCUT2D eigenvalue weighted by Crippen LogP contribution is -2.23. The van der Waals surface area contributed by atoms with Crippen molar-refractivity contribution in [3.8, 4) is 11.5 Å². The molecule has 0 saturated carbocycles. The van der Waals surface area contributed by atoms with E-state index in [-0.39, 0.29) is 23.1 Å². The SMILES string of the molecule is CCC(C)C(=O)OC(c1ccc(OC(C)(C)C)cc1)c1ccc(OC(C)(C)C)cc1. The van der Waals surface area contributed by atoms with E-state index in [1.807, 2.05) is 104 Å². The molecule has 1 atom stereocenters. The van der Waals surface area contributed by atoms with Gasteiger partial charge >= 0.3 is 5.97 Å². The molecule has 0 heterocycles. The first-order valence-corrected chi connectivity index (χ1v) is 10.7. The van der Waals surface area contributed by atoms with Gasteiger partial charge in [-0.3, -0.25) is 4.79 Å². The molecule has 0 bridgehead atoms. The summed E-state index contributed by atoms with van der Waals surface area (Å²) in [5, 5.41) is 0. The molecule has 0 fully saturated rings. The average molecular weight is 413 g/mol. The van der Waals surface area contributed by atoms with E-state index in [1.165, 1.54) is 0 Å². The minimum Gasteiger partial charge on any atom is -0.488 e. The molecular weight excluding hydrogens is 376 g/mol. The van der Waals surface area contributed by atoms with E-state index in [0.717, 1.165) is 29.0 Å². The quantitative estimate of drug-likeness (QED) is 0.474. The molecule has 30 heavy (non-hydrogen) atoms. The van der Waals surface area contributed by atoms with Gasteiger partial charge < -0.3 is 14.2 Å². The third-order valence-electron chi connectivity index (χ3n) is 4.46. The Labute approximate surface area is 181 Å². The van der Waals surface area contributed by atoms with Crippen LogP contribution in [0.5, 0.6) is 11.5 Å². The van der Waals surface area contributed by atoms with Gasteiger partial charge in [0.15, 0.2) is 6.10 Å². The average Bonchev–Trinajstić information content (AvgIpc) is 2.64. The number of carbonyl (C=O) groups excluding carboxylic acids is 1. The van der Waals surface area contributed by atoms with Gasteiger partial charge in [0.05, 0.1) is 5.92 Å². The highest BCUT2D eigenvalue weighted by Gasteiger charge is 2.23. The van der Waals surface area contributed by atoms with Crippen molar-refractivity contribution >= 4 is 5.97 Å². The summed E-state index contributed by atoms with van der Waals surface area (Å²) in [5.74, 6) is 1.21. The largest absolute Gasteiger partial charge is 0.488 e. The van der Waals surface area contributed by atoms with Gasteiger partial charge in [-0.2, -0.15) is 0 Å². The molecule has 0 aromatic heterocycles. The summed E-state index contributed by atoms with van der Waals surface area (Å²) in [6.07, 6.45) is 0.251. The summed E-state index contributed by atoms with van der Waals surface area (Å²) in [4.78, 5) is 12.6. The Bertz CT molecular complexity index is 749. The van der Waals surface area contributed by atoms with Crippen LogP contribution < -0.4 is 9.47 Å². The van der Waals surface area contributed by atoms with E-state index < -0.39 is 6.10 Å². The van der Waals surface area contributed by atoms with Gasteiger partial charge in [0.2, 0.25) is 0 Å². The van der Waals surface area contributed by atoms with Crippen molar-refractivity contribution in [3.05, 3.63) is 59.7 Å². The predicted molar refractivity (Wildman–Crippen MR) is 121 cm³/mol. The molecule has 1 unspecified atom stereocenters. The number of hydrogen-bond donors (Lipinski definition) is 0. The van der Waals surface area contributed by atoms with Crippen molar-refractivity contribution in [3.63, 3.8) is 0 Å². The lowest BCUT2D eigenvalue weighted by Gasteiger charge is -2.24. The van der Waals surface area contributed by atoms with Crippen molar-refractivity contribution in [2.45, 2.75) is 79.1 Å². The number of ether oxygens (including phenoxy) is 3. The number of benzene rings is 2. The number of carbonyl (C=O) groups is 1. The molecule has 0 saturated heterocycles. The van der Waals surface area contributed by atoms with Crippen LogP contribution in [-0.2, 0) is 9.53 Å². The van der Waals surface area contributed by atoms with E-state index >= 15 is 0 Å². The number of esters is 1. The molecule has 0 radical (unpaired) electrons. The van der Waals surface area contributed by atoms with Crippen LogP contribution in [0, 0.1) is 5.92 Å². The fraction of sp³-hybridized carbons (Fsp3) is 0.500. The second kappa shape index (κ2) is 9.55. The summed E-state index contributed by atoms with van der Waals surface area (Å²) in [7, 11) is 0. The second-order valence-corrected chi connectivity index (χ2v) is 9.69. The van der Waals surface area contributed by atoms with Gasteiger partial charge in [-0.1, -0.05) is 38.1 Å². The molecule has 0 amide bonds. The Hall–Kier alpha value is -2.49. The highest BCUT2D eigenvalue weighted by atomic mass is 16.5. The number of hydrogen-bond acceptors (Lipinski definition) is 4. The third kappa shape index (κ3) is 7.40.